The van der Waals surface area contributed by atoms with E-state index in [2.05, 4.69) is 0 Å². The lowest BCUT2D eigenvalue weighted by molar-refractivity contribution is -0.714. The van der Waals surface area contributed by atoms with Crippen molar-refractivity contribution in [3.05, 3.63) is 42.6 Å². The fraction of sp³-hybridized carbons (Fsp3) is 0. The van der Waals surface area contributed by atoms with E-state index < -0.39 is 17.2 Å². The first kappa shape index (κ1) is 10.5. The summed E-state index contributed by atoms with van der Waals surface area (Å²) in [5, 5.41) is 28.2. The Bertz CT molecular complexity index is 677. The molecular weight excluding hydrogens is 234 g/mol. The zero-order valence-electron chi connectivity index (χ0n) is 9.24. The van der Waals surface area contributed by atoms with Crippen LogP contribution in [0.2, 0.25) is 0 Å². The maximum Gasteiger partial charge on any atom is 0.262 e. The molecule has 5 heteroatoms. The Hall–Kier alpha value is -2.69. The molecule has 3 rings (SSSR count). The molecular formula is C13H10NO4+. The standard InChI is InChI=1S/C13H9NO4/c15-10-5-8(6-11(16)13(10)17)12-7-9-3-1-2-4-14(9)18-12/h1-7,15-16H/p+1. The van der Waals surface area contributed by atoms with Gasteiger partial charge in [-0.05, 0) is 18.2 Å². The molecule has 2 aromatic heterocycles. The fourth-order valence-electron chi connectivity index (χ4n) is 1.79. The van der Waals surface area contributed by atoms with Gasteiger partial charge in [-0.3, -0.25) is 0 Å². The van der Waals surface area contributed by atoms with Gasteiger partial charge in [-0.2, -0.15) is 0 Å². The van der Waals surface area contributed by atoms with Crippen LogP contribution in [-0.4, -0.2) is 15.3 Å². The van der Waals surface area contributed by atoms with Gasteiger partial charge in [-0.1, -0.05) is 0 Å². The molecule has 0 saturated carbocycles. The van der Waals surface area contributed by atoms with Crippen LogP contribution < -0.4 is 4.57 Å². The van der Waals surface area contributed by atoms with Gasteiger partial charge in [0, 0.05) is 22.3 Å². The van der Waals surface area contributed by atoms with Crippen LogP contribution in [-0.2, 0) is 0 Å². The van der Waals surface area contributed by atoms with Crippen molar-refractivity contribution in [2.24, 2.45) is 0 Å². The third-order valence-corrected chi connectivity index (χ3v) is 2.68. The van der Waals surface area contributed by atoms with Crippen LogP contribution in [0.1, 0.15) is 0 Å². The smallest absolute Gasteiger partial charge is 0.262 e. The Labute approximate surface area is 102 Å². The molecule has 2 heterocycles. The molecule has 0 saturated heterocycles. The van der Waals surface area contributed by atoms with Crippen LogP contribution in [0, 0.1) is 0 Å². The van der Waals surface area contributed by atoms with Gasteiger partial charge in [-0.15, -0.1) is 0 Å². The lowest BCUT2D eigenvalue weighted by Gasteiger charge is -2.01. The molecule has 0 aliphatic carbocycles. The molecule has 0 amide bonds. The lowest BCUT2D eigenvalue weighted by Crippen LogP contribution is -2.15. The summed E-state index contributed by atoms with van der Waals surface area (Å²) in [5.41, 5.74) is 1.33. The van der Waals surface area contributed by atoms with Crippen molar-refractivity contribution in [2.45, 2.75) is 0 Å². The third kappa shape index (κ3) is 1.53. The molecule has 18 heavy (non-hydrogen) atoms. The second-order valence-electron chi connectivity index (χ2n) is 3.91. The molecule has 1 aromatic carbocycles. The molecule has 0 radical (unpaired) electrons. The monoisotopic (exact) mass is 244 g/mol. The normalized spacial score (nSPS) is 10.9. The van der Waals surface area contributed by atoms with Crippen LogP contribution in [0.5, 0.6) is 17.2 Å². The summed E-state index contributed by atoms with van der Waals surface area (Å²) in [6.45, 7) is 0. The number of benzene rings is 1. The Balaban J connectivity index is 2.20. The highest BCUT2D eigenvalue weighted by molar-refractivity contribution is 5.68. The largest absolute Gasteiger partial charge is 0.504 e. The summed E-state index contributed by atoms with van der Waals surface area (Å²) in [7, 11) is 0. The van der Waals surface area contributed by atoms with Gasteiger partial charge in [0.2, 0.25) is 12.0 Å². The van der Waals surface area contributed by atoms with Crippen LogP contribution in [0.25, 0.3) is 16.8 Å². The first-order valence-electron chi connectivity index (χ1n) is 5.31. The van der Waals surface area contributed by atoms with Crippen LogP contribution in [0.15, 0.2) is 47.1 Å². The highest BCUT2D eigenvalue weighted by Crippen LogP contribution is 2.38. The molecule has 0 fully saturated rings. The molecule has 3 N–H and O–H groups in total. The van der Waals surface area contributed by atoms with Gasteiger partial charge in [0.1, 0.15) is 0 Å². The number of phenols is 3. The minimum Gasteiger partial charge on any atom is -0.504 e. The van der Waals surface area contributed by atoms with E-state index in [4.69, 9.17) is 4.52 Å². The number of aromatic nitrogens is 1. The number of hydrogen-bond acceptors (Lipinski definition) is 4. The van der Waals surface area contributed by atoms with Crippen molar-refractivity contribution in [3.63, 3.8) is 0 Å². The summed E-state index contributed by atoms with van der Waals surface area (Å²) in [6.07, 6.45) is 1.75. The highest BCUT2D eigenvalue weighted by Gasteiger charge is 2.16. The van der Waals surface area contributed by atoms with E-state index in [1.165, 1.54) is 12.1 Å². The average Bonchev–Trinajstić information content (AvgIpc) is 2.79. The Kier molecular flexibility index (Phi) is 2.13. The number of nitrogens with zero attached hydrogens (tertiary/aromatic N) is 1. The maximum atomic E-state index is 9.46. The number of rotatable bonds is 1. The second kappa shape index (κ2) is 3.66. The fourth-order valence-corrected chi connectivity index (χ4v) is 1.79. The van der Waals surface area contributed by atoms with Crippen molar-refractivity contribution < 1.29 is 24.4 Å². The topological polar surface area (TPSA) is 77.9 Å². The summed E-state index contributed by atoms with van der Waals surface area (Å²) < 4.78 is 7.08. The molecule has 0 unspecified atom stereocenters. The molecule has 0 atom stereocenters. The van der Waals surface area contributed by atoms with Crippen molar-refractivity contribution in [3.8, 4) is 28.6 Å². The molecule has 0 bridgehead atoms. The van der Waals surface area contributed by atoms with Gasteiger partial charge < -0.3 is 15.3 Å². The van der Waals surface area contributed by atoms with Gasteiger partial charge in [-0.25, -0.2) is 4.52 Å². The van der Waals surface area contributed by atoms with Crippen molar-refractivity contribution >= 4 is 5.52 Å². The van der Waals surface area contributed by atoms with Gasteiger partial charge >= 0.3 is 0 Å². The van der Waals surface area contributed by atoms with Crippen molar-refractivity contribution in [2.75, 3.05) is 0 Å². The van der Waals surface area contributed by atoms with E-state index in [1.54, 1.807) is 16.8 Å². The van der Waals surface area contributed by atoms with Gasteiger partial charge in [0.05, 0.1) is 6.07 Å². The number of hydrogen-bond donors (Lipinski definition) is 3. The molecule has 90 valence electrons. The maximum absolute atomic E-state index is 9.46. The van der Waals surface area contributed by atoms with E-state index in [1.807, 2.05) is 18.2 Å². The SMILES string of the molecule is Oc1cc(-c2cc3cccc[n+]3o2)cc(O)c1O. The lowest BCUT2D eigenvalue weighted by atomic mass is 10.1. The van der Waals surface area contributed by atoms with Crippen LogP contribution in [0.3, 0.4) is 0 Å². The summed E-state index contributed by atoms with van der Waals surface area (Å²) in [6, 6.07) is 9.99. The zero-order valence-corrected chi connectivity index (χ0v) is 9.24. The Morgan fingerprint density at radius 3 is 2.33 bits per heavy atom. The quantitative estimate of drug-likeness (QED) is 0.450. The third-order valence-electron chi connectivity index (χ3n) is 2.68. The molecule has 0 aliphatic heterocycles. The first-order valence-corrected chi connectivity index (χ1v) is 5.31. The van der Waals surface area contributed by atoms with Crippen molar-refractivity contribution in [1.82, 2.24) is 0 Å². The van der Waals surface area contributed by atoms with Crippen molar-refractivity contribution in [1.29, 1.82) is 0 Å². The zero-order chi connectivity index (χ0) is 12.7. The predicted molar refractivity (Wildman–Crippen MR) is 62.3 cm³/mol. The number of aromatic hydroxyl groups is 3. The predicted octanol–water partition coefficient (Wildman–Crippen LogP) is 1.80. The van der Waals surface area contributed by atoms with E-state index in [9.17, 15) is 15.3 Å². The first-order chi connectivity index (χ1) is 8.65. The van der Waals surface area contributed by atoms with E-state index in [0.717, 1.165) is 5.52 Å². The summed E-state index contributed by atoms with van der Waals surface area (Å²) >= 11 is 0. The van der Waals surface area contributed by atoms with E-state index in [0.29, 0.717) is 11.3 Å². The van der Waals surface area contributed by atoms with Crippen LogP contribution in [0.4, 0.5) is 0 Å². The average molecular weight is 244 g/mol. The summed E-state index contributed by atoms with van der Waals surface area (Å²) in [4.78, 5) is 0. The second-order valence-corrected chi connectivity index (χ2v) is 3.91. The number of phenolic OH excluding ortho intramolecular Hbond substituents is 3. The minimum absolute atomic E-state index is 0.393. The molecule has 3 aromatic rings. The Morgan fingerprint density at radius 1 is 0.944 bits per heavy atom. The highest BCUT2D eigenvalue weighted by atomic mass is 16.5. The van der Waals surface area contributed by atoms with Gasteiger partial charge in [0.25, 0.3) is 5.52 Å². The molecule has 5 nitrogen and oxygen atoms in total. The van der Waals surface area contributed by atoms with Gasteiger partial charge in [0.15, 0.2) is 17.2 Å². The summed E-state index contributed by atoms with van der Waals surface area (Å²) in [5.74, 6) is -0.847. The number of pyridine rings is 1. The Morgan fingerprint density at radius 2 is 1.67 bits per heavy atom. The van der Waals surface area contributed by atoms with E-state index >= 15 is 0 Å². The number of fused-ring (bicyclic) bond motifs is 1. The molecule has 0 spiro atoms. The molecule has 0 aliphatic rings. The van der Waals surface area contributed by atoms with Crippen LogP contribution >= 0.6 is 0 Å². The minimum atomic E-state index is -0.539. The van der Waals surface area contributed by atoms with E-state index in [-0.39, 0.29) is 0 Å².